The molecule has 130 valence electrons. The van der Waals surface area contributed by atoms with Crippen LogP contribution in [0, 0.1) is 0 Å². The van der Waals surface area contributed by atoms with Crippen molar-refractivity contribution in [2.75, 3.05) is 13.1 Å². The number of rotatable bonds is 6. The largest absolute Gasteiger partial charge is 0.357 e. The van der Waals surface area contributed by atoms with Crippen LogP contribution in [-0.4, -0.2) is 28.4 Å². The third-order valence-electron chi connectivity index (χ3n) is 3.76. The Morgan fingerprint density at radius 3 is 2.76 bits per heavy atom. The molecule has 0 aliphatic heterocycles. The van der Waals surface area contributed by atoms with E-state index in [1.807, 2.05) is 53.1 Å². The second-order valence-corrected chi connectivity index (χ2v) is 6.13. The normalized spacial score (nSPS) is 11.7. The first-order valence-electron chi connectivity index (χ1n) is 8.44. The van der Waals surface area contributed by atoms with Crippen molar-refractivity contribution in [3.05, 3.63) is 71.1 Å². The van der Waals surface area contributed by atoms with Gasteiger partial charge in [0.15, 0.2) is 5.96 Å². The Bertz CT molecular complexity index is 805. The van der Waals surface area contributed by atoms with Crippen molar-refractivity contribution in [3.63, 3.8) is 0 Å². The minimum atomic E-state index is 0.612. The van der Waals surface area contributed by atoms with Crippen LogP contribution in [0.5, 0.6) is 0 Å². The fourth-order valence-electron chi connectivity index (χ4n) is 2.52. The SMILES string of the molecule is CCNC(=NCc1ccc(Cl)cc1)NCCc1cn2ccccc2n1. The van der Waals surface area contributed by atoms with Gasteiger partial charge in [-0.05, 0) is 36.8 Å². The Hall–Kier alpha value is -2.53. The second-order valence-electron chi connectivity index (χ2n) is 5.70. The average molecular weight is 356 g/mol. The smallest absolute Gasteiger partial charge is 0.191 e. The van der Waals surface area contributed by atoms with Gasteiger partial charge < -0.3 is 15.0 Å². The van der Waals surface area contributed by atoms with E-state index in [1.54, 1.807) is 0 Å². The molecular weight excluding hydrogens is 334 g/mol. The van der Waals surface area contributed by atoms with Crippen LogP contribution in [0.1, 0.15) is 18.2 Å². The molecule has 0 atom stereocenters. The fraction of sp³-hybridized carbons (Fsp3) is 0.263. The summed E-state index contributed by atoms with van der Waals surface area (Å²) in [4.78, 5) is 9.22. The van der Waals surface area contributed by atoms with Crippen LogP contribution in [0.25, 0.3) is 5.65 Å². The molecular formula is C19H22ClN5. The summed E-state index contributed by atoms with van der Waals surface area (Å²) in [6, 6.07) is 13.8. The molecule has 3 aromatic rings. The summed E-state index contributed by atoms with van der Waals surface area (Å²) in [7, 11) is 0. The Balaban J connectivity index is 1.55. The average Bonchev–Trinajstić information content (AvgIpc) is 3.04. The topological polar surface area (TPSA) is 53.7 Å². The highest BCUT2D eigenvalue weighted by Gasteiger charge is 2.02. The van der Waals surface area contributed by atoms with Gasteiger partial charge in [0.2, 0.25) is 0 Å². The van der Waals surface area contributed by atoms with E-state index in [2.05, 4.69) is 33.7 Å². The number of guanidine groups is 1. The molecule has 2 aromatic heterocycles. The third-order valence-corrected chi connectivity index (χ3v) is 4.02. The summed E-state index contributed by atoms with van der Waals surface area (Å²) in [6.45, 7) is 4.26. The van der Waals surface area contributed by atoms with E-state index >= 15 is 0 Å². The molecule has 0 amide bonds. The van der Waals surface area contributed by atoms with Crippen molar-refractivity contribution >= 4 is 23.2 Å². The van der Waals surface area contributed by atoms with Crippen LogP contribution in [-0.2, 0) is 13.0 Å². The van der Waals surface area contributed by atoms with E-state index in [0.29, 0.717) is 6.54 Å². The van der Waals surface area contributed by atoms with E-state index in [1.165, 1.54) is 0 Å². The maximum absolute atomic E-state index is 5.91. The van der Waals surface area contributed by atoms with Gasteiger partial charge in [-0.1, -0.05) is 29.8 Å². The van der Waals surface area contributed by atoms with E-state index in [9.17, 15) is 0 Å². The first-order valence-corrected chi connectivity index (χ1v) is 8.81. The van der Waals surface area contributed by atoms with Crippen LogP contribution in [0.2, 0.25) is 5.02 Å². The zero-order valence-corrected chi connectivity index (χ0v) is 15.0. The number of halogens is 1. The van der Waals surface area contributed by atoms with Gasteiger partial charge in [0.05, 0.1) is 12.2 Å². The number of nitrogens with one attached hydrogen (secondary N) is 2. The molecule has 0 radical (unpaired) electrons. The Morgan fingerprint density at radius 1 is 1.16 bits per heavy atom. The van der Waals surface area contributed by atoms with Gasteiger partial charge in [0, 0.05) is 36.9 Å². The van der Waals surface area contributed by atoms with Gasteiger partial charge >= 0.3 is 0 Å². The maximum Gasteiger partial charge on any atom is 0.191 e. The number of imidazole rings is 1. The van der Waals surface area contributed by atoms with Crippen molar-refractivity contribution in [1.29, 1.82) is 0 Å². The number of pyridine rings is 1. The van der Waals surface area contributed by atoms with E-state index in [4.69, 9.17) is 11.6 Å². The molecule has 0 bridgehead atoms. The predicted octanol–water partition coefficient (Wildman–Crippen LogP) is 3.29. The number of aromatic nitrogens is 2. The molecule has 2 heterocycles. The van der Waals surface area contributed by atoms with Crippen LogP contribution in [0.15, 0.2) is 59.9 Å². The Morgan fingerprint density at radius 2 is 2.00 bits per heavy atom. The monoisotopic (exact) mass is 355 g/mol. The minimum Gasteiger partial charge on any atom is -0.357 e. The lowest BCUT2D eigenvalue weighted by atomic mass is 10.2. The highest BCUT2D eigenvalue weighted by Crippen LogP contribution is 2.10. The van der Waals surface area contributed by atoms with Crippen LogP contribution < -0.4 is 10.6 Å². The van der Waals surface area contributed by atoms with E-state index in [0.717, 1.165) is 47.4 Å². The molecule has 5 nitrogen and oxygen atoms in total. The molecule has 0 unspecified atom stereocenters. The third kappa shape index (κ3) is 4.97. The molecule has 25 heavy (non-hydrogen) atoms. The van der Waals surface area contributed by atoms with E-state index in [-0.39, 0.29) is 0 Å². The molecule has 0 aliphatic rings. The molecule has 0 saturated heterocycles. The highest BCUT2D eigenvalue weighted by molar-refractivity contribution is 6.30. The fourth-order valence-corrected chi connectivity index (χ4v) is 2.64. The van der Waals surface area contributed by atoms with Crippen LogP contribution in [0.3, 0.4) is 0 Å². The van der Waals surface area contributed by atoms with Gasteiger partial charge in [0.25, 0.3) is 0 Å². The van der Waals surface area contributed by atoms with Crippen molar-refractivity contribution in [3.8, 4) is 0 Å². The van der Waals surface area contributed by atoms with Crippen molar-refractivity contribution in [1.82, 2.24) is 20.0 Å². The quantitative estimate of drug-likeness (QED) is 0.527. The second kappa shape index (κ2) is 8.53. The lowest BCUT2D eigenvalue weighted by Crippen LogP contribution is -2.38. The summed E-state index contributed by atoms with van der Waals surface area (Å²) in [5.74, 6) is 0.807. The number of benzene rings is 1. The molecule has 0 saturated carbocycles. The molecule has 0 aliphatic carbocycles. The number of aliphatic imine (C=N–C) groups is 1. The molecule has 0 fully saturated rings. The van der Waals surface area contributed by atoms with Crippen molar-refractivity contribution < 1.29 is 0 Å². The van der Waals surface area contributed by atoms with Crippen LogP contribution >= 0.6 is 11.6 Å². The first-order chi connectivity index (χ1) is 12.2. The number of fused-ring (bicyclic) bond motifs is 1. The number of hydrogen-bond acceptors (Lipinski definition) is 2. The Kier molecular flexibility index (Phi) is 5.90. The van der Waals surface area contributed by atoms with E-state index < -0.39 is 0 Å². The van der Waals surface area contributed by atoms with Gasteiger partial charge in [-0.3, -0.25) is 0 Å². The number of nitrogens with zero attached hydrogens (tertiary/aromatic N) is 3. The molecule has 6 heteroatoms. The zero-order valence-electron chi connectivity index (χ0n) is 14.2. The summed E-state index contributed by atoms with van der Waals surface area (Å²) in [5, 5.41) is 7.36. The molecule has 3 rings (SSSR count). The maximum atomic E-state index is 5.91. The van der Waals surface area contributed by atoms with Crippen LogP contribution in [0.4, 0.5) is 0 Å². The molecule has 1 aromatic carbocycles. The minimum absolute atomic E-state index is 0.612. The lowest BCUT2D eigenvalue weighted by Gasteiger charge is -2.10. The first kappa shape index (κ1) is 17.3. The summed E-state index contributed by atoms with van der Waals surface area (Å²) in [6.07, 6.45) is 4.92. The van der Waals surface area contributed by atoms with Gasteiger partial charge in [-0.15, -0.1) is 0 Å². The van der Waals surface area contributed by atoms with Crippen molar-refractivity contribution in [2.45, 2.75) is 19.9 Å². The predicted molar refractivity (Wildman–Crippen MR) is 103 cm³/mol. The summed E-state index contributed by atoms with van der Waals surface area (Å²) < 4.78 is 2.04. The lowest BCUT2D eigenvalue weighted by molar-refractivity contribution is 0.791. The van der Waals surface area contributed by atoms with Gasteiger partial charge in [-0.2, -0.15) is 0 Å². The molecule has 2 N–H and O–H groups in total. The van der Waals surface area contributed by atoms with Crippen molar-refractivity contribution in [2.24, 2.45) is 4.99 Å². The van der Waals surface area contributed by atoms with Gasteiger partial charge in [0.1, 0.15) is 5.65 Å². The molecule has 0 spiro atoms. The Labute approximate surface area is 152 Å². The highest BCUT2D eigenvalue weighted by atomic mass is 35.5. The summed E-state index contributed by atoms with van der Waals surface area (Å²) >= 11 is 5.91. The standard InChI is InChI=1S/C19H22ClN5/c1-2-21-19(23-13-15-6-8-16(20)9-7-15)22-11-10-17-14-25-12-4-3-5-18(25)24-17/h3-9,12,14H,2,10-11,13H2,1H3,(H2,21,22,23). The summed E-state index contributed by atoms with van der Waals surface area (Å²) in [5.41, 5.74) is 3.16. The number of hydrogen-bond donors (Lipinski definition) is 2. The zero-order chi connectivity index (χ0) is 17.5. The van der Waals surface area contributed by atoms with Gasteiger partial charge in [-0.25, -0.2) is 9.98 Å².